The van der Waals surface area contributed by atoms with E-state index in [2.05, 4.69) is 39.9 Å². The van der Waals surface area contributed by atoms with Crippen LogP contribution in [0.4, 0.5) is 5.82 Å². The zero-order chi connectivity index (χ0) is 20.7. The fraction of sp³-hybridized carbons (Fsp3) is 0.375. The average molecular weight is 402 g/mol. The van der Waals surface area contributed by atoms with Crippen molar-refractivity contribution in [1.82, 2.24) is 15.5 Å². The maximum absolute atomic E-state index is 12.5. The van der Waals surface area contributed by atoms with Crippen LogP contribution in [-0.4, -0.2) is 28.1 Å². The van der Waals surface area contributed by atoms with E-state index in [1.807, 2.05) is 36.4 Å². The number of aromatic nitrogens is 2. The number of nitrogens with one attached hydrogen (secondary N) is 3. The Bertz CT molecular complexity index is 1090. The first kappa shape index (κ1) is 18.9. The number of anilines is 1. The topological polar surface area (TPSA) is 86.9 Å². The monoisotopic (exact) mass is 402 g/mol. The Morgan fingerprint density at radius 1 is 1.10 bits per heavy atom. The zero-order valence-corrected chi connectivity index (χ0v) is 17.0. The first-order valence-electron chi connectivity index (χ1n) is 10.7. The number of nitrogens with zero attached hydrogens (tertiary/aromatic N) is 1. The number of amides is 2. The second-order valence-corrected chi connectivity index (χ2v) is 8.77. The molecular weight excluding hydrogens is 376 g/mol. The van der Waals surface area contributed by atoms with Crippen LogP contribution in [0.2, 0.25) is 0 Å². The molecule has 2 fully saturated rings. The number of fused-ring (bicyclic) bond motifs is 1. The van der Waals surface area contributed by atoms with Crippen molar-refractivity contribution in [2.24, 2.45) is 11.8 Å². The first-order valence-corrected chi connectivity index (χ1v) is 10.7. The number of hydrogen-bond donors (Lipinski definition) is 3. The molecule has 6 heteroatoms. The molecule has 0 radical (unpaired) electrons. The third kappa shape index (κ3) is 3.82. The molecule has 2 unspecified atom stereocenters. The van der Waals surface area contributed by atoms with Crippen molar-refractivity contribution in [1.29, 1.82) is 0 Å². The molecule has 3 aromatic rings. The van der Waals surface area contributed by atoms with Crippen molar-refractivity contribution in [2.75, 3.05) is 5.32 Å². The summed E-state index contributed by atoms with van der Waals surface area (Å²) in [5, 5.41) is 15.6. The van der Waals surface area contributed by atoms with Crippen LogP contribution in [0, 0.1) is 11.8 Å². The van der Waals surface area contributed by atoms with Crippen molar-refractivity contribution in [2.45, 2.75) is 44.6 Å². The molecule has 3 N–H and O–H groups in total. The Kier molecular flexibility index (Phi) is 4.77. The number of benzene rings is 2. The molecule has 0 bridgehead atoms. The maximum atomic E-state index is 12.5. The summed E-state index contributed by atoms with van der Waals surface area (Å²) in [7, 11) is 0. The van der Waals surface area contributed by atoms with Gasteiger partial charge in [-0.05, 0) is 41.5 Å². The van der Waals surface area contributed by atoms with E-state index < -0.39 is 0 Å². The van der Waals surface area contributed by atoms with Gasteiger partial charge >= 0.3 is 0 Å². The minimum atomic E-state index is -0.0818. The second-order valence-electron chi connectivity index (χ2n) is 8.77. The van der Waals surface area contributed by atoms with E-state index in [-0.39, 0.29) is 23.8 Å². The van der Waals surface area contributed by atoms with Gasteiger partial charge in [-0.3, -0.25) is 14.7 Å². The van der Waals surface area contributed by atoms with Gasteiger partial charge in [-0.15, -0.1) is 0 Å². The summed E-state index contributed by atoms with van der Waals surface area (Å²) < 4.78 is 0. The largest absolute Gasteiger partial charge is 0.353 e. The fourth-order valence-electron chi connectivity index (χ4n) is 4.40. The lowest BCUT2D eigenvalue weighted by Gasteiger charge is -2.35. The normalized spacial score (nSPS) is 24.8. The minimum Gasteiger partial charge on any atom is -0.353 e. The Morgan fingerprint density at radius 3 is 2.67 bits per heavy atom. The summed E-state index contributed by atoms with van der Waals surface area (Å²) in [6.45, 7) is 2.12. The third-order valence-corrected chi connectivity index (χ3v) is 6.47. The highest BCUT2D eigenvalue weighted by Gasteiger charge is 2.41. The van der Waals surface area contributed by atoms with Gasteiger partial charge in [-0.2, -0.15) is 5.10 Å². The number of H-pyrrole nitrogens is 1. The van der Waals surface area contributed by atoms with E-state index in [1.165, 1.54) is 0 Å². The lowest BCUT2D eigenvalue weighted by molar-refractivity contribution is -0.124. The quantitative estimate of drug-likeness (QED) is 0.587. The summed E-state index contributed by atoms with van der Waals surface area (Å²) in [4.78, 5) is 24.6. The molecular formula is C24H26N4O2. The van der Waals surface area contributed by atoms with E-state index in [0.29, 0.717) is 24.1 Å². The van der Waals surface area contributed by atoms with Crippen LogP contribution >= 0.6 is 0 Å². The molecule has 2 amide bonds. The van der Waals surface area contributed by atoms with Gasteiger partial charge in [0.1, 0.15) is 0 Å². The van der Waals surface area contributed by atoms with Gasteiger partial charge in [-0.1, -0.05) is 49.4 Å². The number of aromatic amines is 1. The maximum Gasteiger partial charge on any atom is 0.230 e. The fourth-order valence-corrected chi connectivity index (χ4v) is 4.40. The second kappa shape index (κ2) is 7.59. The van der Waals surface area contributed by atoms with Gasteiger partial charge < -0.3 is 10.6 Å². The molecule has 2 aliphatic rings. The molecule has 0 saturated heterocycles. The number of carbonyl (C=O) groups is 2. The Balaban J connectivity index is 1.15. The van der Waals surface area contributed by atoms with Crippen molar-refractivity contribution in [3.05, 3.63) is 59.8 Å². The van der Waals surface area contributed by atoms with E-state index >= 15 is 0 Å². The zero-order valence-electron chi connectivity index (χ0n) is 17.0. The predicted octanol–water partition coefficient (Wildman–Crippen LogP) is 3.76. The van der Waals surface area contributed by atoms with Crippen LogP contribution in [-0.2, 0) is 16.0 Å². The van der Waals surface area contributed by atoms with E-state index in [4.69, 9.17) is 0 Å². The summed E-state index contributed by atoms with van der Waals surface area (Å²) in [5.41, 5.74) is 2.02. The number of hydrogen-bond acceptors (Lipinski definition) is 3. The SMILES string of the molecule is CC1CC1C(=O)NC1CC(c2cc(NC(=O)Cc3cccc4ccccc34)n[nH]2)C1. The molecule has 0 spiro atoms. The predicted molar refractivity (Wildman–Crippen MR) is 116 cm³/mol. The molecule has 154 valence electrons. The van der Waals surface area contributed by atoms with Crippen molar-refractivity contribution in [3.8, 4) is 0 Å². The number of carbonyl (C=O) groups excluding carboxylic acids is 2. The molecule has 2 aliphatic carbocycles. The van der Waals surface area contributed by atoms with Crippen LogP contribution in [0.15, 0.2) is 48.5 Å². The average Bonchev–Trinajstić information content (AvgIpc) is 3.27. The van der Waals surface area contributed by atoms with Gasteiger partial charge in [0.05, 0.1) is 6.42 Å². The van der Waals surface area contributed by atoms with E-state index in [0.717, 1.165) is 41.3 Å². The highest BCUT2D eigenvalue weighted by Crippen LogP contribution is 2.40. The molecule has 2 aromatic carbocycles. The van der Waals surface area contributed by atoms with Crippen molar-refractivity contribution >= 4 is 28.4 Å². The minimum absolute atomic E-state index is 0.0818. The molecule has 2 saturated carbocycles. The van der Waals surface area contributed by atoms with Crippen LogP contribution < -0.4 is 10.6 Å². The summed E-state index contributed by atoms with van der Waals surface area (Å²) in [6, 6.07) is 16.3. The first-order chi connectivity index (χ1) is 14.6. The van der Waals surface area contributed by atoms with Crippen LogP contribution in [0.5, 0.6) is 0 Å². The van der Waals surface area contributed by atoms with Gasteiger partial charge in [0.15, 0.2) is 5.82 Å². The highest BCUT2D eigenvalue weighted by molar-refractivity contribution is 5.95. The standard InChI is InChI=1S/C24H26N4O2/c1-14-9-20(14)24(30)25-18-10-17(11-18)21-13-22(28-27-21)26-23(29)12-16-7-4-6-15-5-2-3-8-19(15)16/h2-8,13-14,17-18,20H,9-12H2,1H3,(H,25,30)(H2,26,27,28,29). The van der Waals surface area contributed by atoms with Gasteiger partial charge in [0.25, 0.3) is 0 Å². The molecule has 30 heavy (non-hydrogen) atoms. The summed E-state index contributed by atoms with van der Waals surface area (Å²) >= 11 is 0. The van der Waals surface area contributed by atoms with E-state index in [1.54, 1.807) is 0 Å². The Hall–Kier alpha value is -3.15. The third-order valence-electron chi connectivity index (χ3n) is 6.47. The lowest BCUT2D eigenvalue weighted by atomic mass is 9.78. The smallest absolute Gasteiger partial charge is 0.230 e. The van der Waals surface area contributed by atoms with E-state index in [9.17, 15) is 9.59 Å². The highest BCUT2D eigenvalue weighted by atomic mass is 16.2. The molecule has 6 nitrogen and oxygen atoms in total. The Labute approximate surface area is 175 Å². The molecule has 1 heterocycles. The molecule has 1 aromatic heterocycles. The summed E-state index contributed by atoms with van der Waals surface area (Å²) in [5.74, 6) is 1.78. The van der Waals surface area contributed by atoms with Crippen molar-refractivity contribution < 1.29 is 9.59 Å². The lowest BCUT2D eigenvalue weighted by Crippen LogP contribution is -2.44. The number of rotatable bonds is 6. The van der Waals surface area contributed by atoms with Gasteiger partial charge in [0.2, 0.25) is 11.8 Å². The summed E-state index contributed by atoms with van der Waals surface area (Å²) in [6.07, 6.45) is 3.15. The van der Waals surface area contributed by atoms with Crippen LogP contribution in [0.25, 0.3) is 10.8 Å². The molecule has 5 rings (SSSR count). The van der Waals surface area contributed by atoms with Crippen LogP contribution in [0.1, 0.15) is 43.4 Å². The van der Waals surface area contributed by atoms with Gasteiger partial charge in [-0.25, -0.2) is 0 Å². The Morgan fingerprint density at radius 2 is 1.87 bits per heavy atom. The van der Waals surface area contributed by atoms with Crippen molar-refractivity contribution in [3.63, 3.8) is 0 Å². The molecule has 0 aliphatic heterocycles. The van der Waals surface area contributed by atoms with Crippen LogP contribution in [0.3, 0.4) is 0 Å². The molecule has 2 atom stereocenters. The van der Waals surface area contributed by atoms with Gasteiger partial charge in [0, 0.05) is 29.6 Å².